The van der Waals surface area contributed by atoms with E-state index in [1.165, 1.54) is 19.2 Å². The highest BCUT2D eigenvalue weighted by Gasteiger charge is 2.31. The lowest BCUT2D eigenvalue weighted by Crippen LogP contribution is -2.35. The molecule has 1 aliphatic rings. The molecule has 0 radical (unpaired) electrons. The smallest absolute Gasteiger partial charge is 0.496 e. The average molecular weight is 247 g/mol. The molecule has 1 aliphatic heterocycles. The fourth-order valence-corrected chi connectivity index (χ4v) is 1.73. The Bertz CT molecular complexity index is 402. The SMILES string of the molecule is COc1cc(OC(F)(F)F)ccc1[C@H]1CCN1. The van der Waals surface area contributed by atoms with E-state index in [1.54, 1.807) is 6.07 Å². The molecule has 0 aromatic heterocycles. The summed E-state index contributed by atoms with van der Waals surface area (Å²) in [5.74, 6) is 0.140. The summed E-state index contributed by atoms with van der Waals surface area (Å²) in [5.41, 5.74) is 0.855. The molecule has 6 heteroatoms. The van der Waals surface area contributed by atoms with Crippen LogP contribution in [0.5, 0.6) is 11.5 Å². The van der Waals surface area contributed by atoms with Crippen molar-refractivity contribution in [3.63, 3.8) is 0 Å². The minimum Gasteiger partial charge on any atom is -0.496 e. The van der Waals surface area contributed by atoms with E-state index in [1.807, 2.05) is 0 Å². The zero-order chi connectivity index (χ0) is 12.5. The van der Waals surface area contributed by atoms with Crippen LogP contribution >= 0.6 is 0 Å². The predicted molar refractivity (Wildman–Crippen MR) is 55.0 cm³/mol. The number of hydrogen-bond donors (Lipinski definition) is 1. The molecule has 1 aromatic rings. The van der Waals surface area contributed by atoms with Crippen LogP contribution in [-0.4, -0.2) is 20.0 Å². The first-order chi connectivity index (χ1) is 7.99. The summed E-state index contributed by atoms with van der Waals surface area (Å²) in [6.07, 6.45) is -3.73. The summed E-state index contributed by atoms with van der Waals surface area (Å²) < 4.78 is 45.0. The number of methoxy groups -OCH3 is 1. The molecule has 1 N–H and O–H groups in total. The zero-order valence-corrected chi connectivity index (χ0v) is 9.17. The monoisotopic (exact) mass is 247 g/mol. The van der Waals surface area contributed by atoms with Gasteiger partial charge < -0.3 is 14.8 Å². The maximum atomic E-state index is 12.0. The van der Waals surface area contributed by atoms with Gasteiger partial charge in [0.25, 0.3) is 0 Å². The molecule has 1 aromatic carbocycles. The average Bonchev–Trinajstić information content (AvgIpc) is 2.15. The van der Waals surface area contributed by atoms with Gasteiger partial charge in [-0.1, -0.05) is 6.07 Å². The maximum absolute atomic E-state index is 12.0. The van der Waals surface area contributed by atoms with Crippen LogP contribution < -0.4 is 14.8 Å². The lowest BCUT2D eigenvalue weighted by atomic mass is 9.97. The standard InChI is InChI=1S/C11H12F3NO2/c1-16-10-6-7(17-11(12,13)14)2-3-8(10)9-4-5-15-9/h2-3,6,9,15H,4-5H2,1H3/t9-/m1/s1. The van der Waals surface area contributed by atoms with E-state index in [0.29, 0.717) is 5.75 Å². The quantitative estimate of drug-likeness (QED) is 0.890. The fraction of sp³-hybridized carbons (Fsp3) is 0.455. The van der Waals surface area contributed by atoms with Gasteiger partial charge in [0.05, 0.1) is 7.11 Å². The Morgan fingerprint density at radius 1 is 1.35 bits per heavy atom. The van der Waals surface area contributed by atoms with Crippen LogP contribution in [0.4, 0.5) is 13.2 Å². The molecular formula is C11H12F3NO2. The van der Waals surface area contributed by atoms with Crippen LogP contribution in [0.25, 0.3) is 0 Å². The summed E-state index contributed by atoms with van der Waals surface area (Å²) in [4.78, 5) is 0. The number of rotatable bonds is 3. The summed E-state index contributed by atoms with van der Waals surface area (Å²) in [6, 6.07) is 4.30. The van der Waals surface area contributed by atoms with Gasteiger partial charge in [-0.05, 0) is 19.0 Å². The minimum absolute atomic E-state index is 0.157. The molecular weight excluding hydrogens is 235 g/mol. The molecule has 17 heavy (non-hydrogen) atoms. The molecule has 0 bridgehead atoms. The van der Waals surface area contributed by atoms with E-state index < -0.39 is 6.36 Å². The molecule has 1 saturated heterocycles. The summed E-state index contributed by atoms with van der Waals surface area (Å²) in [6.45, 7) is 0.911. The van der Waals surface area contributed by atoms with Crippen molar-refractivity contribution in [2.45, 2.75) is 18.8 Å². The number of nitrogens with one attached hydrogen (secondary N) is 1. The van der Waals surface area contributed by atoms with Crippen LogP contribution in [0.2, 0.25) is 0 Å². The van der Waals surface area contributed by atoms with Gasteiger partial charge in [0.15, 0.2) is 0 Å². The second kappa shape index (κ2) is 4.44. The first-order valence-electron chi connectivity index (χ1n) is 5.16. The van der Waals surface area contributed by atoms with Gasteiger partial charge in [-0.3, -0.25) is 0 Å². The lowest BCUT2D eigenvalue weighted by Gasteiger charge is -2.29. The van der Waals surface area contributed by atoms with Gasteiger partial charge in [0.1, 0.15) is 11.5 Å². The molecule has 0 amide bonds. The second-order valence-electron chi connectivity index (χ2n) is 3.75. The number of halogens is 3. The second-order valence-corrected chi connectivity index (χ2v) is 3.75. The molecule has 2 rings (SSSR count). The molecule has 1 atom stereocenters. The number of benzene rings is 1. The molecule has 0 unspecified atom stereocenters. The van der Waals surface area contributed by atoms with Gasteiger partial charge >= 0.3 is 6.36 Å². The first kappa shape index (κ1) is 12.0. The molecule has 0 spiro atoms. The number of hydrogen-bond acceptors (Lipinski definition) is 3. The van der Waals surface area contributed by atoms with Crippen molar-refractivity contribution in [3.8, 4) is 11.5 Å². The van der Waals surface area contributed by atoms with Crippen LogP contribution in [0.15, 0.2) is 18.2 Å². The van der Waals surface area contributed by atoms with Crippen LogP contribution in [0.3, 0.4) is 0 Å². The fourth-order valence-electron chi connectivity index (χ4n) is 1.73. The van der Waals surface area contributed by atoms with Crippen molar-refractivity contribution in [3.05, 3.63) is 23.8 Å². The minimum atomic E-state index is -4.68. The Labute approximate surface area is 96.5 Å². The first-order valence-corrected chi connectivity index (χ1v) is 5.16. The molecule has 3 nitrogen and oxygen atoms in total. The van der Waals surface area contributed by atoms with Crippen molar-refractivity contribution in [1.29, 1.82) is 0 Å². The Kier molecular flexibility index (Phi) is 3.15. The highest BCUT2D eigenvalue weighted by Crippen LogP contribution is 2.35. The Balaban J connectivity index is 2.21. The van der Waals surface area contributed by atoms with Crippen molar-refractivity contribution >= 4 is 0 Å². The van der Waals surface area contributed by atoms with E-state index in [2.05, 4.69) is 10.1 Å². The highest BCUT2D eigenvalue weighted by atomic mass is 19.4. The summed E-state index contributed by atoms with van der Waals surface area (Å²) in [7, 11) is 1.43. The van der Waals surface area contributed by atoms with Gasteiger partial charge in [-0.2, -0.15) is 0 Å². The predicted octanol–water partition coefficient (Wildman–Crippen LogP) is 2.63. The van der Waals surface area contributed by atoms with Gasteiger partial charge in [0.2, 0.25) is 0 Å². The van der Waals surface area contributed by atoms with Crippen molar-refractivity contribution in [2.75, 3.05) is 13.7 Å². The van der Waals surface area contributed by atoms with Crippen LogP contribution in [0, 0.1) is 0 Å². The largest absolute Gasteiger partial charge is 0.573 e. The topological polar surface area (TPSA) is 30.5 Å². The third kappa shape index (κ3) is 2.82. The zero-order valence-electron chi connectivity index (χ0n) is 9.17. The molecule has 1 fully saturated rings. The normalized spacial score (nSPS) is 19.6. The van der Waals surface area contributed by atoms with E-state index in [0.717, 1.165) is 18.5 Å². The van der Waals surface area contributed by atoms with E-state index in [4.69, 9.17) is 4.74 Å². The third-order valence-electron chi connectivity index (χ3n) is 2.64. The number of ether oxygens (including phenoxy) is 2. The van der Waals surface area contributed by atoms with E-state index in [9.17, 15) is 13.2 Å². The van der Waals surface area contributed by atoms with Crippen molar-refractivity contribution in [2.24, 2.45) is 0 Å². The van der Waals surface area contributed by atoms with E-state index in [-0.39, 0.29) is 11.8 Å². The molecule has 0 saturated carbocycles. The molecule has 0 aliphatic carbocycles. The van der Waals surface area contributed by atoms with Crippen LogP contribution in [0.1, 0.15) is 18.0 Å². The van der Waals surface area contributed by atoms with E-state index >= 15 is 0 Å². The van der Waals surface area contributed by atoms with Crippen molar-refractivity contribution in [1.82, 2.24) is 5.32 Å². The molecule has 94 valence electrons. The van der Waals surface area contributed by atoms with Crippen LogP contribution in [-0.2, 0) is 0 Å². The Morgan fingerprint density at radius 2 is 2.06 bits per heavy atom. The van der Waals surface area contributed by atoms with Crippen molar-refractivity contribution < 1.29 is 22.6 Å². The number of alkyl halides is 3. The Hall–Kier alpha value is -1.43. The molecule has 1 heterocycles. The maximum Gasteiger partial charge on any atom is 0.573 e. The van der Waals surface area contributed by atoms with Gasteiger partial charge in [-0.15, -0.1) is 13.2 Å². The summed E-state index contributed by atoms with van der Waals surface area (Å²) in [5, 5.41) is 3.16. The Morgan fingerprint density at radius 3 is 2.53 bits per heavy atom. The summed E-state index contributed by atoms with van der Waals surface area (Å²) >= 11 is 0. The van der Waals surface area contributed by atoms with Gasteiger partial charge in [0, 0.05) is 17.7 Å². The lowest BCUT2D eigenvalue weighted by molar-refractivity contribution is -0.274. The third-order valence-corrected chi connectivity index (χ3v) is 2.64. The van der Waals surface area contributed by atoms with Gasteiger partial charge in [-0.25, -0.2) is 0 Å². The highest BCUT2D eigenvalue weighted by molar-refractivity contribution is 5.43.